The molecule has 1 amide bonds. The number of hydrogen-bond acceptors (Lipinski definition) is 3. The fraction of sp³-hybridized carbons (Fsp3) is 0.545. The Bertz CT molecular complexity index is 293. The summed E-state index contributed by atoms with van der Waals surface area (Å²) >= 11 is 0. The minimum atomic E-state index is -0.122. The normalized spacial score (nSPS) is 10.7. The number of carbonyl (C=O) groups excluding carboxylic acids is 1. The third-order valence-corrected chi connectivity index (χ3v) is 2.17. The SMILES string of the molecule is CC(C)N(CCCO)C(=O)c1ccco1. The summed E-state index contributed by atoms with van der Waals surface area (Å²) in [6, 6.07) is 3.45. The minimum absolute atomic E-state index is 0.0919. The van der Waals surface area contributed by atoms with E-state index in [0.717, 1.165) is 0 Å². The molecule has 0 aliphatic rings. The van der Waals surface area contributed by atoms with Gasteiger partial charge >= 0.3 is 0 Å². The maximum absolute atomic E-state index is 11.9. The maximum atomic E-state index is 11.9. The summed E-state index contributed by atoms with van der Waals surface area (Å²) < 4.78 is 5.05. The topological polar surface area (TPSA) is 53.7 Å². The van der Waals surface area contributed by atoms with Crippen LogP contribution in [0.1, 0.15) is 30.8 Å². The Morgan fingerprint density at radius 2 is 2.33 bits per heavy atom. The van der Waals surface area contributed by atoms with E-state index in [9.17, 15) is 4.79 Å². The van der Waals surface area contributed by atoms with E-state index in [0.29, 0.717) is 18.7 Å². The van der Waals surface area contributed by atoms with Crippen molar-refractivity contribution < 1.29 is 14.3 Å². The molecule has 4 heteroatoms. The summed E-state index contributed by atoms with van der Waals surface area (Å²) in [6.07, 6.45) is 2.07. The number of amides is 1. The van der Waals surface area contributed by atoms with Crippen molar-refractivity contribution in [3.05, 3.63) is 24.2 Å². The molecular weight excluding hydrogens is 194 g/mol. The van der Waals surface area contributed by atoms with E-state index >= 15 is 0 Å². The first kappa shape index (κ1) is 11.8. The van der Waals surface area contributed by atoms with E-state index < -0.39 is 0 Å². The van der Waals surface area contributed by atoms with E-state index in [1.54, 1.807) is 17.0 Å². The molecule has 1 aromatic rings. The molecule has 0 aliphatic carbocycles. The molecule has 1 aromatic heterocycles. The Hall–Kier alpha value is -1.29. The summed E-state index contributed by atoms with van der Waals surface area (Å²) in [5.41, 5.74) is 0. The van der Waals surface area contributed by atoms with Gasteiger partial charge in [0.15, 0.2) is 5.76 Å². The summed E-state index contributed by atoms with van der Waals surface area (Å²) in [5, 5.41) is 8.75. The first-order chi connectivity index (χ1) is 7.16. The monoisotopic (exact) mass is 211 g/mol. The molecule has 0 aliphatic heterocycles. The van der Waals surface area contributed by atoms with Crippen LogP contribution in [0.2, 0.25) is 0 Å². The van der Waals surface area contributed by atoms with Crippen molar-refractivity contribution in [1.29, 1.82) is 0 Å². The van der Waals surface area contributed by atoms with Crippen LogP contribution < -0.4 is 0 Å². The van der Waals surface area contributed by atoms with E-state index in [1.807, 2.05) is 13.8 Å². The lowest BCUT2D eigenvalue weighted by molar-refractivity contribution is 0.0660. The Balaban J connectivity index is 2.67. The molecule has 0 atom stereocenters. The zero-order valence-electron chi connectivity index (χ0n) is 9.14. The highest BCUT2D eigenvalue weighted by Gasteiger charge is 2.19. The number of carbonyl (C=O) groups is 1. The first-order valence-electron chi connectivity index (χ1n) is 5.12. The van der Waals surface area contributed by atoms with Crippen LogP contribution in [0, 0.1) is 0 Å². The van der Waals surface area contributed by atoms with Gasteiger partial charge in [0.05, 0.1) is 6.26 Å². The van der Waals surface area contributed by atoms with Gasteiger partial charge in [0.2, 0.25) is 0 Å². The lowest BCUT2D eigenvalue weighted by Gasteiger charge is -2.25. The summed E-state index contributed by atoms with van der Waals surface area (Å²) in [5.74, 6) is 0.227. The van der Waals surface area contributed by atoms with Crippen LogP contribution in [0.25, 0.3) is 0 Å². The number of nitrogens with zero attached hydrogens (tertiary/aromatic N) is 1. The van der Waals surface area contributed by atoms with Crippen molar-refractivity contribution in [2.75, 3.05) is 13.2 Å². The number of hydrogen-bond donors (Lipinski definition) is 1. The Morgan fingerprint density at radius 3 is 2.80 bits per heavy atom. The Labute approximate surface area is 89.5 Å². The molecule has 0 bridgehead atoms. The van der Waals surface area contributed by atoms with Gasteiger partial charge in [-0.15, -0.1) is 0 Å². The molecule has 84 valence electrons. The van der Waals surface area contributed by atoms with Crippen LogP contribution in [0.4, 0.5) is 0 Å². The Morgan fingerprint density at radius 1 is 1.60 bits per heavy atom. The van der Waals surface area contributed by atoms with Gasteiger partial charge in [-0.05, 0) is 32.4 Å². The van der Waals surface area contributed by atoms with Gasteiger partial charge in [-0.2, -0.15) is 0 Å². The molecule has 0 saturated heterocycles. The van der Waals surface area contributed by atoms with E-state index in [4.69, 9.17) is 9.52 Å². The molecule has 0 spiro atoms. The largest absolute Gasteiger partial charge is 0.459 e. The molecule has 15 heavy (non-hydrogen) atoms. The molecule has 1 N–H and O–H groups in total. The van der Waals surface area contributed by atoms with E-state index in [1.165, 1.54) is 6.26 Å². The quantitative estimate of drug-likeness (QED) is 0.803. The van der Waals surface area contributed by atoms with Gasteiger partial charge in [-0.25, -0.2) is 0 Å². The van der Waals surface area contributed by atoms with Crippen molar-refractivity contribution in [1.82, 2.24) is 4.90 Å². The van der Waals surface area contributed by atoms with Gasteiger partial charge in [-0.1, -0.05) is 0 Å². The number of furan rings is 1. The summed E-state index contributed by atoms with van der Waals surface area (Å²) in [7, 11) is 0. The molecule has 0 fully saturated rings. The van der Waals surface area contributed by atoms with Crippen molar-refractivity contribution in [2.24, 2.45) is 0 Å². The minimum Gasteiger partial charge on any atom is -0.459 e. The molecule has 0 saturated carbocycles. The van der Waals surface area contributed by atoms with Crippen molar-refractivity contribution in [2.45, 2.75) is 26.3 Å². The fourth-order valence-corrected chi connectivity index (χ4v) is 1.38. The second-order valence-corrected chi connectivity index (χ2v) is 3.65. The van der Waals surface area contributed by atoms with E-state index in [-0.39, 0.29) is 18.6 Å². The molecule has 0 aromatic carbocycles. The highest BCUT2D eigenvalue weighted by Crippen LogP contribution is 2.09. The average molecular weight is 211 g/mol. The molecule has 1 heterocycles. The third-order valence-electron chi connectivity index (χ3n) is 2.17. The summed E-state index contributed by atoms with van der Waals surface area (Å²) in [4.78, 5) is 13.6. The third kappa shape index (κ3) is 3.09. The highest BCUT2D eigenvalue weighted by atomic mass is 16.3. The smallest absolute Gasteiger partial charge is 0.289 e. The van der Waals surface area contributed by atoms with Crippen molar-refractivity contribution in [3.8, 4) is 0 Å². The van der Waals surface area contributed by atoms with Gasteiger partial charge in [0.25, 0.3) is 5.91 Å². The fourth-order valence-electron chi connectivity index (χ4n) is 1.38. The lowest BCUT2D eigenvalue weighted by Crippen LogP contribution is -2.37. The zero-order chi connectivity index (χ0) is 11.3. The Kier molecular flexibility index (Phi) is 4.37. The van der Waals surface area contributed by atoms with Gasteiger partial charge in [-0.3, -0.25) is 4.79 Å². The van der Waals surface area contributed by atoms with Gasteiger partial charge in [0.1, 0.15) is 0 Å². The van der Waals surface area contributed by atoms with Gasteiger partial charge in [0, 0.05) is 19.2 Å². The van der Waals surface area contributed by atoms with Crippen LogP contribution in [0.3, 0.4) is 0 Å². The predicted molar refractivity (Wildman–Crippen MR) is 56.6 cm³/mol. The van der Waals surface area contributed by atoms with Crippen LogP contribution >= 0.6 is 0 Å². The first-order valence-corrected chi connectivity index (χ1v) is 5.12. The second kappa shape index (κ2) is 5.56. The van der Waals surface area contributed by atoms with E-state index in [2.05, 4.69) is 0 Å². The van der Waals surface area contributed by atoms with Gasteiger partial charge < -0.3 is 14.4 Å². The average Bonchev–Trinajstić information content (AvgIpc) is 2.70. The van der Waals surface area contributed by atoms with Crippen LogP contribution in [0.15, 0.2) is 22.8 Å². The second-order valence-electron chi connectivity index (χ2n) is 3.65. The number of rotatable bonds is 5. The van der Waals surface area contributed by atoms with Crippen molar-refractivity contribution >= 4 is 5.91 Å². The number of aliphatic hydroxyl groups is 1. The molecular formula is C11H17NO3. The predicted octanol–water partition coefficient (Wildman–Crippen LogP) is 1.51. The van der Waals surface area contributed by atoms with Crippen LogP contribution in [0.5, 0.6) is 0 Å². The molecule has 1 rings (SSSR count). The van der Waals surface area contributed by atoms with Crippen molar-refractivity contribution in [3.63, 3.8) is 0 Å². The summed E-state index contributed by atoms with van der Waals surface area (Å²) in [6.45, 7) is 4.53. The van der Waals surface area contributed by atoms with Crippen LogP contribution in [-0.4, -0.2) is 35.1 Å². The zero-order valence-corrected chi connectivity index (χ0v) is 9.14. The molecule has 4 nitrogen and oxygen atoms in total. The molecule has 0 radical (unpaired) electrons. The number of aliphatic hydroxyl groups excluding tert-OH is 1. The molecule has 0 unspecified atom stereocenters. The van der Waals surface area contributed by atoms with Crippen LogP contribution in [-0.2, 0) is 0 Å². The highest BCUT2D eigenvalue weighted by molar-refractivity contribution is 5.91. The lowest BCUT2D eigenvalue weighted by atomic mass is 10.2. The standard InChI is InChI=1S/C11H17NO3/c1-9(2)12(6-4-7-13)11(14)10-5-3-8-15-10/h3,5,8-9,13H,4,6-7H2,1-2H3. The maximum Gasteiger partial charge on any atom is 0.289 e.